The molecule has 0 aromatic heterocycles. The Balaban J connectivity index is 2.18. The fourth-order valence-corrected chi connectivity index (χ4v) is 5.92. The first-order valence-electron chi connectivity index (χ1n) is 14.9. The first-order chi connectivity index (χ1) is 20.7. The van der Waals surface area contributed by atoms with Crippen LogP contribution in [0.1, 0.15) is 90.8 Å². The van der Waals surface area contributed by atoms with Crippen LogP contribution in [-0.4, -0.2) is 46.4 Å². The molecule has 45 heavy (non-hydrogen) atoms. The van der Waals surface area contributed by atoms with E-state index >= 15 is 0 Å². The van der Waals surface area contributed by atoms with Gasteiger partial charge in [-0.15, -0.1) is 0 Å². The van der Waals surface area contributed by atoms with E-state index in [1.54, 1.807) is 25.1 Å². The van der Waals surface area contributed by atoms with Gasteiger partial charge in [0.1, 0.15) is 5.75 Å². The Hall–Kier alpha value is -1.20. The standard InChI is InChI=1S/C32H47Cl2F3NO6P/c1-22(39)14-16-31(38-40,21-42-45(43-29(2,3)4)44-30(5,6)7)17-15-24-11-13-28(25(19-24)32(35,36)37)41-18-8-9-23-10-12-26(33)27(34)20-23/h10-13,19-20,22,38-40H,8-9,14-18,21H2,1-7H3/t22?,31-/m0/s1. The van der Waals surface area contributed by atoms with Crippen LogP contribution >= 0.6 is 31.8 Å². The summed E-state index contributed by atoms with van der Waals surface area (Å²) >= 11 is 12.0. The van der Waals surface area contributed by atoms with Crippen LogP contribution in [0.25, 0.3) is 0 Å². The fourth-order valence-electron chi connectivity index (χ4n) is 4.21. The van der Waals surface area contributed by atoms with Gasteiger partial charge in [-0.3, -0.25) is 0 Å². The van der Waals surface area contributed by atoms with Crippen LogP contribution in [0.5, 0.6) is 5.75 Å². The predicted octanol–water partition coefficient (Wildman–Crippen LogP) is 9.71. The summed E-state index contributed by atoms with van der Waals surface area (Å²) in [6.45, 7) is 12.8. The minimum atomic E-state index is -4.64. The molecule has 0 saturated heterocycles. The van der Waals surface area contributed by atoms with Crippen molar-refractivity contribution in [2.45, 2.75) is 116 Å². The highest BCUT2D eigenvalue weighted by atomic mass is 35.5. The molecule has 2 rings (SSSR count). The average molecular weight is 701 g/mol. The number of halogens is 5. The molecule has 0 saturated carbocycles. The lowest BCUT2D eigenvalue weighted by Crippen LogP contribution is -2.48. The van der Waals surface area contributed by atoms with E-state index in [9.17, 15) is 23.5 Å². The summed E-state index contributed by atoms with van der Waals surface area (Å²) in [5.74, 6) is -0.256. The largest absolute Gasteiger partial charge is 0.493 e. The van der Waals surface area contributed by atoms with Crippen molar-refractivity contribution < 1.29 is 41.8 Å². The fraction of sp³-hybridized carbons (Fsp3) is 0.625. The number of hydroxylamine groups is 1. The molecule has 2 aromatic rings. The molecule has 0 aliphatic rings. The number of aliphatic hydroxyl groups is 1. The van der Waals surface area contributed by atoms with Crippen LogP contribution in [0.15, 0.2) is 36.4 Å². The lowest BCUT2D eigenvalue weighted by Gasteiger charge is -2.36. The Morgan fingerprint density at radius 3 is 2.00 bits per heavy atom. The molecule has 13 heteroatoms. The second-order valence-corrected chi connectivity index (χ2v) is 15.1. The first kappa shape index (κ1) is 40.0. The molecular formula is C32H47Cl2F3NO6P. The molecule has 0 bridgehead atoms. The number of ether oxygens (including phenoxy) is 1. The second kappa shape index (κ2) is 17.3. The first-order valence-corrected chi connectivity index (χ1v) is 16.7. The van der Waals surface area contributed by atoms with Gasteiger partial charge in [-0.1, -0.05) is 35.3 Å². The van der Waals surface area contributed by atoms with Crippen molar-refractivity contribution in [2.24, 2.45) is 0 Å². The highest BCUT2D eigenvalue weighted by molar-refractivity contribution is 7.41. The molecule has 0 radical (unpaired) electrons. The van der Waals surface area contributed by atoms with E-state index in [1.807, 2.05) is 47.6 Å². The van der Waals surface area contributed by atoms with Gasteiger partial charge >= 0.3 is 14.8 Å². The highest BCUT2D eigenvalue weighted by Gasteiger charge is 2.37. The molecule has 0 aliphatic heterocycles. The van der Waals surface area contributed by atoms with Crippen molar-refractivity contribution in [3.63, 3.8) is 0 Å². The molecule has 2 atom stereocenters. The number of nitrogens with one attached hydrogen (secondary N) is 1. The van der Waals surface area contributed by atoms with Crippen LogP contribution in [0.4, 0.5) is 13.2 Å². The maximum Gasteiger partial charge on any atom is 0.419 e. The summed E-state index contributed by atoms with van der Waals surface area (Å²) in [7, 11) is -1.84. The van der Waals surface area contributed by atoms with E-state index in [2.05, 4.69) is 5.48 Å². The quantitative estimate of drug-likeness (QED) is 0.0861. The van der Waals surface area contributed by atoms with E-state index in [1.165, 1.54) is 6.07 Å². The average Bonchev–Trinajstić information content (AvgIpc) is 2.91. The molecule has 0 spiro atoms. The summed E-state index contributed by atoms with van der Waals surface area (Å²) in [6.07, 6.45) is -3.29. The van der Waals surface area contributed by atoms with Gasteiger partial charge in [0.05, 0.1) is 51.7 Å². The zero-order valence-electron chi connectivity index (χ0n) is 27.1. The van der Waals surface area contributed by atoms with Gasteiger partial charge in [0, 0.05) is 0 Å². The smallest absolute Gasteiger partial charge is 0.419 e. The van der Waals surface area contributed by atoms with Crippen molar-refractivity contribution in [1.82, 2.24) is 5.48 Å². The van der Waals surface area contributed by atoms with Crippen molar-refractivity contribution in [3.8, 4) is 5.75 Å². The Morgan fingerprint density at radius 1 is 0.867 bits per heavy atom. The Labute approximate surface area is 276 Å². The van der Waals surface area contributed by atoms with E-state index in [-0.39, 0.29) is 38.2 Å². The van der Waals surface area contributed by atoms with E-state index < -0.39 is 43.2 Å². The van der Waals surface area contributed by atoms with Crippen molar-refractivity contribution >= 4 is 31.8 Å². The Morgan fingerprint density at radius 2 is 1.47 bits per heavy atom. The molecule has 7 nitrogen and oxygen atoms in total. The molecule has 256 valence electrons. The highest BCUT2D eigenvalue weighted by Crippen LogP contribution is 2.48. The van der Waals surface area contributed by atoms with Crippen molar-refractivity contribution in [1.29, 1.82) is 0 Å². The molecular weight excluding hydrogens is 653 g/mol. The van der Waals surface area contributed by atoms with E-state index in [4.69, 9.17) is 41.5 Å². The topological polar surface area (TPSA) is 89.4 Å². The SMILES string of the molecule is CC(O)CC[C@](CCc1ccc(OCCCc2ccc(Cl)c(Cl)c2)c(C(F)(F)F)c1)(COP(OC(C)(C)C)OC(C)(C)C)NO. The molecule has 3 N–H and O–H groups in total. The summed E-state index contributed by atoms with van der Waals surface area (Å²) in [4.78, 5) is 0. The van der Waals surface area contributed by atoms with Crippen LogP contribution in [0.3, 0.4) is 0 Å². The van der Waals surface area contributed by atoms with Crippen molar-refractivity contribution in [3.05, 3.63) is 63.1 Å². The minimum Gasteiger partial charge on any atom is -0.493 e. The number of benzene rings is 2. The summed E-state index contributed by atoms with van der Waals surface area (Å²) in [5.41, 5.74) is 0.514. The van der Waals surface area contributed by atoms with Gasteiger partial charge in [-0.05, 0) is 122 Å². The number of hydrogen-bond donors (Lipinski definition) is 3. The molecule has 0 fully saturated rings. The number of alkyl halides is 3. The Bertz CT molecular complexity index is 1190. The number of aliphatic hydroxyl groups excluding tert-OH is 1. The summed E-state index contributed by atoms with van der Waals surface area (Å²) in [5, 5.41) is 21.1. The maximum atomic E-state index is 14.1. The second-order valence-electron chi connectivity index (χ2n) is 13.2. The zero-order valence-corrected chi connectivity index (χ0v) is 29.5. The van der Waals surface area contributed by atoms with Crippen LogP contribution in [0.2, 0.25) is 10.0 Å². The lowest BCUT2D eigenvalue weighted by molar-refractivity contribution is -0.139. The zero-order chi connectivity index (χ0) is 34.1. The molecule has 1 unspecified atom stereocenters. The molecule has 0 heterocycles. The predicted molar refractivity (Wildman–Crippen MR) is 173 cm³/mol. The number of hydrogen-bond acceptors (Lipinski definition) is 7. The number of rotatable bonds is 17. The van der Waals surface area contributed by atoms with Crippen LogP contribution in [-0.2, 0) is 32.6 Å². The van der Waals surface area contributed by atoms with Gasteiger partial charge in [-0.25, -0.2) is 0 Å². The van der Waals surface area contributed by atoms with Gasteiger partial charge in [0.2, 0.25) is 0 Å². The van der Waals surface area contributed by atoms with E-state index in [0.717, 1.165) is 11.6 Å². The van der Waals surface area contributed by atoms with Gasteiger partial charge in [-0.2, -0.15) is 18.7 Å². The molecule has 0 amide bonds. The third-order valence-electron chi connectivity index (χ3n) is 6.51. The van der Waals surface area contributed by atoms with Gasteiger partial charge in [0.25, 0.3) is 0 Å². The molecule has 0 aliphatic carbocycles. The van der Waals surface area contributed by atoms with Gasteiger partial charge in [0.15, 0.2) is 0 Å². The van der Waals surface area contributed by atoms with Crippen LogP contribution in [0, 0.1) is 0 Å². The third-order valence-corrected chi connectivity index (χ3v) is 8.99. The number of aryl methyl sites for hydroxylation is 2. The van der Waals surface area contributed by atoms with Crippen molar-refractivity contribution in [2.75, 3.05) is 13.2 Å². The monoisotopic (exact) mass is 699 g/mol. The summed E-state index contributed by atoms with van der Waals surface area (Å²) < 4.78 is 65.9. The summed E-state index contributed by atoms with van der Waals surface area (Å²) in [6, 6.07) is 9.20. The van der Waals surface area contributed by atoms with Crippen LogP contribution < -0.4 is 10.2 Å². The Kier molecular flexibility index (Phi) is 15.3. The van der Waals surface area contributed by atoms with E-state index in [0.29, 0.717) is 34.9 Å². The van der Waals surface area contributed by atoms with Gasteiger partial charge < -0.3 is 28.6 Å². The minimum absolute atomic E-state index is 0.0692. The lowest BCUT2D eigenvalue weighted by atomic mass is 9.87. The normalized spacial score (nSPS) is 14.9. The maximum absolute atomic E-state index is 14.1. The molecule has 2 aromatic carbocycles. The third kappa shape index (κ3) is 15.1.